The van der Waals surface area contributed by atoms with Crippen LogP contribution >= 0.6 is 12.4 Å². The molecule has 1 amide bonds. The number of anilines is 1. The highest BCUT2D eigenvalue weighted by molar-refractivity contribution is 5.92. The van der Waals surface area contributed by atoms with Crippen molar-refractivity contribution in [1.82, 2.24) is 19.8 Å². The van der Waals surface area contributed by atoms with Crippen LogP contribution in [0.3, 0.4) is 0 Å². The van der Waals surface area contributed by atoms with E-state index >= 15 is 0 Å². The first-order valence-electron chi connectivity index (χ1n) is 11.0. The van der Waals surface area contributed by atoms with Crippen molar-refractivity contribution in [3.63, 3.8) is 0 Å². The van der Waals surface area contributed by atoms with Crippen LogP contribution in [0.4, 0.5) is 5.82 Å². The summed E-state index contributed by atoms with van der Waals surface area (Å²) < 4.78 is 5.41. The summed E-state index contributed by atoms with van der Waals surface area (Å²) in [6, 6.07) is 10.2. The molecule has 1 fully saturated rings. The van der Waals surface area contributed by atoms with E-state index in [2.05, 4.69) is 40.0 Å². The molecule has 1 unspecified atom stereocenters. The van der Waals surface area contributed by atoms with E-state index in [-0.39, 0.29) is 24.4 Å². The Morgan fingerprint density at radius 1 is 1.33 bits per heavy atom. The van der Waals surface area contributed by atoms with Gasteiger partial charge in [-0.15, -0.1) is 12.4 Å². The van der Waals surface area contributed by atoms with Gasteiger partial charge in [-0.25, -0.2) is 4.98 Å². The van der Waals surface area contributed by atoms with Gasteiger partial charge in [-0.1, -0.05) is 18.2 Å². The van der Waals surface area contributed by atoms with E-state index in [4.69, 9.17) is 10.5 Å². The number of carbonyl (C=O) groups is 1. The van der Waals surface area contributed by atoms with Crippen LogP contribution in [0.15, 0.2) is 42.6 Å². The molecule has 1 aliphatic rings. The van der Waals surface area contributed by atoms with E-state index in [9.17, 15) is 4.79 Å². The van der Waals surface area contributed by atoms with Crippen molar-refractivity contribution in [2.45, 2.75) is 26.4 Å². The highest BCUT2D eigenvalue weighted by atomic mass is 35.5. The molecule has 0 saturated carbocycles. The molecule has 1 atom stereocenters. The molecule has 1 aliphatic heterocycles. The fourth-order valence-corrected chi connectivity index (χ4v) is 4.00. The summed E-state index contributed by atoms with van der Waals surface area (Å²) in [5.41, 5.74) is 11.2. The largest absolute Gasteiger partial charge is 0.383 e. The average Bonchev–Trinajstić information content (AvgIpc) is 3.25. The Kier molecular flexibility index (Phi) is 8.13. The highest BCUT2D eigenvalue weighted by Gasteiger charge is 2.18. The second-order valence-electron chi connectivity index (χ2n) is 8.42. The minimum Gasteiger partial charge on any atom is -0.383 e. The fourth-order valence-electron chi connectivity index (χ4n) is 4.00. The van der Waals surface area contributed by atoms with Gasteiger partial charge in [0.25, 0.3) is 0 Å². The number of aryl methyl sites for hydroxylation is 1. The summed E-state index contributed by atoms with van der Waals surface area (Å²) in [7, 11) is 1.82. The van der Waals surface area contributed by atoms with Gasteiger partial charge in [0.1, 0.15) is 5.82 Å². The number of benzene rings is 1. The van der Waals surface area contributed by atoms with Crippen LogP contribution in [0.25, 0.3) is 17.0 Å². The Morgan fingerprint density at radius 3 is 2.82 bits per heavy atom. The van der Waals surface area contributed by atoms with Crippen molar-refractivity contribution in [3.8, 4) is 0 Å². The second kappa shape index (κ2) is 10.8. The van der Waals surface area contributed by atoms with Crippen LogP contribution in [0.5, 0.6) is 0 Å². The number of halogens is 1. The molecule has 0 bridgehead atoms. The summed E-state index contributed by atoms with van der Waals surface area (Å²) in [6.07, 6.45) is 5.10. The van der Waals surface area contributed by atoms with E-state index in [1.54, 1.807) is 23.2 Å². The van der Waals surface area contributed by atoms with Gasteiger partial charge >= 0.3 is 0 Å². The van der Waals surface area contributed by atoms with Crippen LogP contribution < -0.4 is 5.73 Å². The molecule has 0 aliphatic carbocycles. The lowest BCUT2D eigenvalue weighted by Gasteiger charge is -2.26. The molecule has 176 valence electrons. The number of pyridine rings is 1. The quantitative estimate of drug-likeness (QED) is 0.534. The maximum absolute atomic E-state index is 12.8. The Labute approximate surface area is 201 Å². The van der Waals surface area contributed by atoms with E-state index in [0.717, 1.165) is 60.6 Å². The molecule has 1 saturated heterocycles. The molecule has 33 heavy (non-hydrogen) atoms. The number of morpholine rings is 1. The summed E-state index contributed by atoms with van der Waals surface area (Å²) in [5.74, 6) is 0.458. The molecule has 1 aromatic carbocycles. The van der Waals surface area contributed by atoms with Gasteiger partial charge in [0.2, 0.25) is 5.91 Å². The van der Waals surface area contributed by atoms with Gasteiger partial charge < -0.3 is 20.4 Å². The minimum atomic E-state index is -0.0830. The lowest BCUT2D eigenvalue weighted by molar-refractivity contribution is -0.126. The van der Waals surface area contributed by atoms with E-state index in [0.29, 0.717) is 5.82 Å². The highest BCUT2D eigenvalue weighted by Crippen LogP contribution is 2.25. The molecule has 7 nitrogen and oxygen atoms in total. The normalized spacial score (nSPS) is 15.5. The van der Waals surface area contributed by atoms with Crippen LogP contribution in [0, 0.1) is 6.92 Å². The van der Waals surface area contributed by atoms with Gasteiger partial charge in [-0.3, -0.25) is 9.69 Å². The average molecular weight is 470 g/mol. The first-order valence-corrected chi connectivity index (χ1v) is 11.0. The van der Waals surface area contributed by atoms with E-state index < -0.39 is 0 Å². The third kappa shape index (κ3) is 5.74. The van der Waals surface area contributed by atoms with E-state index in [1.165, 1.54) is 5.56 Å². The van der Waals surface area contributed by atoms with Crippen molar-refractivity contribution in [3.05, 3.63) is 65.0 Å². The standard InChI is InChI=1S/C25H31N5O2.ClH/c1-17-5-4-6-20-14-22(28-24(17)20)18(2)29(3)23(31)8-7-19-13-21(25(26)27-15-19)16-30-9-11-32-12-10-30;/h4-8,13-15,18,28H,9-12,16H2,1-3H3,(H2,26,27);1H/b8-7+;. The molecule has 0 radical (unpaired) electrons. The number of hydrogen-bond donors (Lipinski definition) is 2. The smallest absolute Gasteiger partial charge is 0.246 e. The van der Waals surface area contributed by atoms with Crippen molar-refractivity contribution in [1.29, 1.82) is 0 Å². The van der Waals surface area contributed by atoms with Crippen LogP contribution in [0.2, 0.25) is 0 Å². The van der Waals surface area contributed by atoms with Gasteiger partial charge in [-0.2, -0.15) is 0 Å². The predicted molar refractivity (Wildman–Crippen MR) is 135 cm³/mol. The first-order chi connectivity index (χ1) is 15.4. The lowest BCUT2D eigenvalue weighted by Crippen LogP contribution is -2.35. The van der Waals surface area contributed by atoms with Crippen molar-refractivity contribution in [2.75, 3.05) is 39.1 Å². The number of para-hydroxylation sites is 1. The summed E-state index contributed by atoms with van der Waals surface area (Å²) in [6.45, 7) is 8.08. The number of rotatable bonds is 6. The number of likely N-dealkylation sites (N-methyl/N-ethyl adjacent to an activating group) is 1. The zero-order chi connectivity index (χ0) is 22.7. The summed E-state index contributed by atoms with van der Waals surface area (Å²) >= 11 is 0. The first kappa shape index (κ1) is 24.8. The number of nitrogens with two attached hydrogens (primary N) is 1. The van der Waals surface area contributed by atoms with Gasteiger partial charge in [0.15, 0.2) is 0 Å². The minimum absolute atomic E-state index is 0. The van der Waals surface area contributed by atoms with Crippen LogP contribution in [-0.2, 0) is 16.1 Å². The Morgan fingerprint density at radius 2 is 2.09 bits per heavy atom. The third-order valence-electron chi connectivity index (χ3n) is 6.20. The van der Waals surface area contributed by atoms with Gasteiger partial charge in [-0.05, 0) is 48.6 Å². The predicted octanol–water partition coefficient (Wildman–Crippen LogP) is 3.94. The molecule has 2 aromatic heterocycles. The Balaban J connectivity index is 0.00000306. The monoisotopic (exact) mass is 469 g/mol. The number of fused-ring (bicyclic) bond motifs is 1. The zero-order valence-electron chi connectivity index (χ0n) is 19.4. The molecule has 3 heterocycles. The zero-order valence-corrected chi connectivity index (χ0v) is 20.2. The number of ether oxygens (including phenoxy) is 1. The second-order valence-corrected chi connectivity index (χ2v) is 8.42. The molecule has 3 aromatic rings. The maximum Gasteiger partial charge on any atom is 0.246 e. The van der Waals surface area contributed by atoms with Crippen molar-refractivity contribution >= 4 is 41.1 Å². The molecule has 3 N–H and O–H groups in total. The summed E-state index contributed by atoms with van der Waals surface area (Å²) in [4.78, 5) is 24.7. The van der Waals surface area contributed by atoms with E-state index in [1.807, 2.05) is 26.1 Å². The number of nitrogens with zero attached hydrogens (tertiary/aromatic N) is 3. The number of aromatic nitrogens is 2. The number of aromatic amines is 1. The van der Waals surface area contributed by atoms with Crippen molar-refractivity contribution < 1.29 is 9.53 Å². The molecule has 4 rings (SSSR count). The fraction of sp³-hybridized carbons (Fsp3) is 0.360. The summed E-state index contributed by atoms with van der Waals surface area (Å²) in [5, 5.41) is 1.16. The number of amides is 1. The number of H-pyrrole nitrogens is 1. The number of nitrogen functional groups attached to an aromatic ring is 1. The van der Waals surface area contributed by atoms with Crippen LogP contribution in [-0.4, -0.2) is 59.0 Å². The topological polar surface area (TPSA) is 87.5 Å². The van der Waals surface area contributed by atoms with Gasteiger partial charge in [0.05, 0.1) is 19.3 Å². The SMILES string of the molecule is Cc1cccc2cc(C(C)N(C)C(=O)/C=C/c3cnc(N)c(CN4CCOCC4)c3)[nH]c12.Cl. The molecule has 0 spiro atoms. The molecular formula is C25H32ClN5O2. The Bertz CT molecular complexity index is 1140. The number of hydrogen-bond acceptors (Lipinski definition) is 5. The lowest BCUT2D eigenvalue weighted by atomic mass is 10.1. The van der Waals surface area contributed by atoms with Crippen molar-refractivity contribution in [2.24, 2.45) is 0 Å². The maximum atomic E-state index is 12.8. The van der Waals surface area contributed by atoms with Gasteiger partial charge in [0, 0.05) is 55.7 Å². The van der Waals surface area contributed by atoms with Crippen LogP contribution in [0.1, 0.15) is 35.3 Å². The Hall–Kier alpha value is -2.87. The third-order valence-corrected chi connectivity index (χ3v) is 6.20. The number of nitrogens with one attached hydrogen (secondary N) is 1. The molecular weight excluding hydrogens is 438 g/mol. The number of carbonyl (C=O) groups excluding carboxylic acids is 1. The molecule has 8 heteroatoms.